The average molecular weight is 408 g/mol. The second-order valence-corrected chi connectivity index (χ2v) is 7.03. The van der Waals surface area contributed by atoms with Gasteiger partial charge in [-0.25, -0.2) is 4.98 Å². The number of ether oxygens (including phenoxy) is 2. The van der Waals surface area contributed by atoms with Crippen LogP contribution >= 0.6 is 0 Å². The van der Waals surface area contributed by atoms with Crippen LogP contribution in [0.3, 0.4) is 0 Å². The molecule has 1 aromatic carbocycles. The molecule has 0 N–H and O–H groups in total. The Morgan fingerprint density at radius 3 is 2.47 bits per heavy atom. The molecule has 0 unspecified atom stereocenters. The van der Waals surface area contributed by atoms with E-state index in [4.69, 9.17) is 9.47 Å². The average Bonchev–Trinajstić information content (AvgIpc) is 3.33. The second-order valence-electron chi connectivity index (χ2n) is 7.03. The molecule has 3 heterocycles. The van der Waals surface area contributed by atoms with Crippen molar-refractivity contribution in [2.45, 2.75) is 6.92 Å². The largest absolute Gasteiger partial charge is 0.493 e. The number of hydrogen-bond acceptors (Lipinski definition) is 7. The van der Waals surface area contributed by atoms with E-state index in [9.17, 15) is 4.79 Å². The van der Waals surface area contributed by atoms with Gasteiger partial charge in [-0.15, -0.1) is 10.2 Å². The van der Waals surface area contributed by atoms with E-state index >= 15 is 0 Å². The minimum Gasteiger partial charge on any atom is -0.493 e. The predicted octanol–water partition coefficient (Wildman–Crippen LogP) is 1.71. The summed E-state index contributed by atoms with van der Waals surface area (Å²) in [4.78, 5) is 20.5. The van der Waals surface area contributed by atoms with E-state index in [-0.39, 0.29) is 12.5 Å². The number of amides is 1. The smallest absolute Gasteiger partial charge is 0.260 e. The molecule has 2 aromatic heterocycles. The van der Waals surface area contributed by atoms with Crippen molar-refractivity contribution < 1.29 is 14.3 Å². The molecular weight excluding hydrogens is 384 g/mol. The molecule has 0 atom stereocenters. The third kappa shape index (κ3) is 4.35. The molecule has 0 radical (unpaired) electrons. The molecule has 0 spiro atoms. The number of anilines is 1. The van der Waals surface area contributed by atoms with Crippen molar-refractivity contribution in [3.63, 3.8) is 0 Å². The van der Waals surface area contributed by atoms with Crippen LogP contribution in [0.1, 0.15) is 5.56 Å². The molecule has 9 nitrogen and oxygen atoms in total. The summed E-state index contributed by atoms with van der Waals surface area (Å²) >= 11 is 0. The molecule has 30 heavy (non-hydrogen) atoms. The Morgan fingerprint density at radius 1 is 1.03 bits per heavy atom. The first-order valence-corrected chi connectivity index (χ1v) is 9.76. The van der Waals surface area contributed by atoms with Crippen molar-refractivity contribution in [2.75, 3.05) is 44.8 Å². The molecule has 1 aliphatic rings. The van der Waals surface area contributed by atoms with Crippen molar-refractivity contribution in [3.05, 3.63) is 54.6 Å². The zero-order valence-electron chi connectivity index (χ0n) is 17.1. The molecule has 1 amide bonds. The number of carbonyl (C=O) groups excluding carboxylic acids is 1. The van der Waals surface area contributed by atoms with E-state index < -0.39 is 0 Å². The van der Waals surface area contributed by atoms with E-state index in [2.05, 4.69) is 20.1 Å². The number of nitrogens with zero attached hydrogens (tertiary/aromatic N) is 6. The van der Waals surface area contributed by atoms with Crippen LogP contribution in [0, 0.1) is 6.92 Å². The van der Waals surface area contributed by atoms with Crippen LogP contribution in [0.25, 0.3) is 5.82 Å². The van der Waals surface area contributed by atoms with Crippen LogP contribution in [-0.2, 0) is 4.79 Å². The zero-order chi connectivity index (χ0) is 20.9. The Balaban J connectivity index is 1.29. The standard InChI is InChI=1S/C21H24N6O3/c1-16-3-4-17(18(13-16)29-2)30-14-21(28)26-11-9-25(10-12-26)19-5-6-20(24-23-19)27-8-7-22-15-27/h3-8,13,15H,9-12,14H2,1-2H3. The first-order chi connectivity index (χ1) is 14.6. The van der Waals surface area contributed by atoms with Gasteiger partial charge >= 0.3 is 0 Å². The summed E-state index contributed by atoms with van der Waals surface area (Å²) < 4.78 is 12.8. The molecule has 4 rings (SSSR count). The van der Waals surface area contributed by atoms with Crippen molar-refractivity contribution in [1.82, 2.24) is 24.6 Å². The Hall–Kier alpha value is -3.62. The number of hydrogen-bond donors (Lipinski definition) is 0. The van der Waals surface area contributed by atoms with Gasteiger partial charge in [0.25, 0.3) is 5.91 Å². The topological polar surface area (TPSA) is 85.6 Å². The highest BCUT2D eigenvalue weighted by Crippen LogP contribution is 2.27. The van der Waals surface area contributed by atoms with Gasteiger partial charge in [-0.05, 0) is 36.8 Å². The van der Waals surface area contributed by atoms with Crippen LogP contribution < -0.4 is 14.4 Å². The van der Waals surface area contributed by atoms with Crippen LogP contribution in [-0.4, -0.2) is 70.5 Å². The lowest BCUT2D eigenvalue weighted by Gasteiger charge is -2.35. The maximum atomic E-state index is 12.6. The summed E-state index contributed by atoms with van der Waals surface area (Å²) in [6.07, 6.45) is 5.20. The third-order valence-corrected chi connectivity index (χ3v) is 5.03. The lowest BCUT2D eigenvalue weighted by molar-refractivity contribution is -0.133. The van der Waals surface area contributed by atoms with Gasteiger partial charge in [-0.1, -0.05) is 6.07 Å². The van der Waals surface area contributed by atoms with Crippen molar-refractivity contribution in [3.8, 4) is 17.3 Å². The number of methoxy groups -OCH3 is 1. The summed E-state index contributed by atoms with van der Waals surface area (Å²) in [6, 6.07) is 9.49. The summed E-state index contributed by atoms with van der Waals surface area (Å²) in [5.41, 5.74) is 1.07. The molecule has 156 valence electrons. The highest BCUT2D eigenvalue weighted by Gasteiger charge is 2.23. The molecule has 0 saturated carbocycles. The minimum atomic E-state index is -0.0428. The lowest BCUT2D eigenvalue weighted by atomic mass is 10.2. The second kappa shape index (κ2) is 8.81. The van der Waals surface area contributed by atoms with Crippen molar-refractivity contribution >= 4 is 11.7 Å². The molecular formula is C21H24N6O3. The van der Waals surface area contributed by atoms with Gasteiger partial charge in [0.1, 0.15) is 6.33 Å². The fraction of sp³-hybridized carbons (Fsp3) is 0.333. The summed E-state index contributed by atoms with van der Waals surface area (Å²) in [7, 11) is 1.59. The Kier molecular flexibility index (Phi) is 5.78. The number of imidazole rings is 1. The number of rotatable bonds is 6. The minimum absolute atomic E-state index is 0.0151. The molecule has 3 aromatic rings. The third-order valence-electron chi connectivity index (χ3n) is 5.03. The van der Waals surface area contributed by atoms with Gasteiger partial charge in [0.05, 0.1) is 7.11 Å². The molecule has 0 aliphatic carbocycles. The quantitative estimate of drug-likeness (QED) is 0.614. The van der Waals surface area contributed by atoms with E-state index in [1.165, 1.54) is 0 Å². The van der Waals surface area contributed by atoms with E-state index in [0.717, 1.165) is 11.4 Å². The van der Waals surface area contributed by atoms with Crippen LogP contribution in [0.2, 0.25) is 0 Å². The van der Waals surface area contributed by atoms with E-state index in [1.54, 1.807) is 24.2 Å². The zero-order valence-corrected chi connectivity index (χ0v) is 17.1. The predicted molar refractivity (Wildman–Crippen MR) is 111 cm³/mol. The van der Waals surface area contributed by atoms with Gasteiger partial charge in [-0.3, -0.25) is 9.36 Å². The first-order valence-electron chi connectivity index (χ1n) is 9.76. The highest BCUT2D eigenvalue weighted by molar-refractivity contribution is 5.78. The molecule has 1 saturated heterocycles. The molecule has 1 fully saturated rings. The molecule has 1 aliphatic heterocycles. The lowest BCUT2D eigenvalue weighted by Crippen LogP contribution is -2.50. The maximum absolute atomic E-state index is 12.6. The summed E-state index contributed by atoms with van der Waals surface area (Å²) in [6.45, 7) is 4.57. The van der Waals surface area contributed by atoms with Gasteiger partial charge in [0, 0.05) is 38.6 Å². The molecule has 0 bridgehead atoms. The fourth-order valence-electron chi connectivity index (χ4n) is 3.33. The number of aryl methyl sites for hydroxylation is 1. The maximum Gasteiger partial charge on any atom is 0.260 e. The van der Waals surface area contributed by atoms with Crippen molar-refractivity contribution in [1.29, 1.82) is 0 Å². The van der Waals surface area contributed by atoms with E-state index in [0.29, 0.717) is 43.5 Å². The number of carbonyl (C=O) groups is 1. The van der Waals surface area contributed by atoms with Gasteiger partial charge in [0.15, 0.2) is 29.7 Å². The monoisotopic (exact) mass is 408 g/mol. The summed E-state index contributed by atoms with van der Waals surface area (Å²) in [5, 5.41) is 8.57. The van der Waals surface area contributed by atoms with Gasteiger partial charge < -0.3 is 19.3 Å². The van der Waals surface area contributed by atoms with Crippen LogP contribution in [0.4, 0.5) is 5.82 Å². The Morgan fingerprint density at radius 2 is 1.80 bits per heavy atom. The van der Waals surface area contributed by atoms with Crippen molar-refractivity contribution in [2.24, 2.45) is 0 Å². The van der Waals surface area contributed by atoms with Crippen LogP contribution in [0.15, 0.2) is 49.1 Å². The number of piperazine rings is 1. The SMILES string of the molecule is COc1cc(C)ccc1OCC(=O)N1CCN(c2ccc(-n3ccnc3)nn2)CC1. The summed E-state index contributed by atoms with van der Waals surface area (Å²) in [5.74, 6) is 2.67. The van der Waals surface area contributed by atoms with E-state index in [1.807, 2.05) is 48.4 Å². The molecule has 9 heteroatoms. The highest BCUT2D eigenvalue weighted by atomic mass is 16.5. The first kappa shape index (κ1) is 19.7. The van der Waals surface area contributed by atoms with Crippen LogP contribution in [0.5, 0.6) is 11.5 Å². The normalized spacial score (nSPS) is 13.9. The fourth-order valence-corrected chi connectivity index (χ4v) is 3.33. The Labute approximate surface area is 174 Å². The number of aromatic nitrogens is 4. The Bertz CT molecular complexity index is 982. The number of benzene rings is 1. The van der Waals surface area contributed by atoms with Gasteiger partial charge in [0.2, 0.25) is 0 Å². The van der Waals surface area contributed by atoms with Gasteiger partial charge in [-0.2, -0.15) is 0 Å².